The maximum Gasteiger partial charge on any atom is 0.318 e. The van der Waals surface area contributed by atoms with Crippen molar-refractivity contribution in [3.63, 3.8) is 0 Å². The minimum atomic E-state index is -3.34. The number of rotatable bonds is 19. The zero-order valence-electron chi connectivity index (χ0n) is 73.9. The van der Waals surface area contributed by atoms with E-state index in [9.17, 15) is 13.2 Å². The SMILES string of the molecule is CNC(=O)Nc1ccc(-c2ccc3nccc(Nc4cccc(Cl)c4)c3c2)cc1.CS(=O)(=O)Nc1cccc(-c2ccc3nccc(Nc4cccc(Cl)c4)c3c2)c1.Clc1cccc(Nc2ccnc3ccc(-c4cccc(-c5nn[nH]n5)c4)cc23)c1.Clc1cccc(Nc2ccnc3ccc(-c4cnc5[nH]ccc5c4)cc23)c1.Nc1ncc(-c2ccc3nccc(Nc4cccc(Cl)c4)c3c2)cn1. The predicted octanol–water partition coefficient (Wildman–Crippen LogP) is 28.0. The molecule has 25 nitrogen and oxygen atoms in total. The molecule has 0 aliphatic rings. The van der Waals surface area contributed by atoms with Gasteiger partial charge < -0.3 is 47.9 Å². The Balaban J connectivity index is 0.000000115. The number of anilines is 13. The second kappa shape index (κ2) is 42.7. The first-order valence-electron chi connectivity index (χ1n) is 43.3. The van der Waals surface area contributed by atoms with Crippen LogP contribution < -0.4 is 47.7 Å². The summed E-state index contributed by atoms with van der Waals surface area (Å²) in [4.78, 5) is 49.5. The molecule has 0 radical (unpaired) electrons. The Morgan fingerprint density at radius 1 is 0.324 bits per heavy atom. The molecule has 22 rings (SSSR count). The second-order valence-electron chi connectivity index (χ2n) is 31.7. The van der Waals surface area contributed by atoms with Crippen molar-refractivity contribution in [3.05, 3.63) is 408 Å². The Hall–Kier alpha value is -17.0. The molecule has 22 aromatic rings. The summed E-state index contributed by atoms with van der Waals surface area (Å²) in [5, 5.41) is 46.2. The molecule has 139 heavy (non-hydrogen) atoms. The molecule has 0 saturated heterocycles. The lowest BCUT2D eigenvalue weighted by Crippen LogP contribution is -2.24. The number of nitrogens with zero attached hydrogens (tertiary/aromatic N) is 11. The smallest absolute Gasteiger partial charge is 0.318 e. The van der Waals surface area contributed by atoms with Gasteiger partial charge in [-0.15, -0.1) is 10.2 Å². The van der Waals surface area contributed by atoms with Gasteiger partial charge in [0.2, 0.25) is 21.8 Å². The molecular formula is C108H81Cl5N22O3S. The number of nitrogens with two attached hydrogens (primary N) is 1. The number of hydrogen-bond donors (Lipinski definition) is 11. The molecule has 0 aliphatic carbocycles. The monoisotopic (exact) mass is 1940 g/mol. The van der Waals surface area contributed by atoms with E-state index in [1.165, 1.54) is 0 Å². The van der Waals surface area contributed by atoms with Crippen LogP contribution in [0.2, 0.25) is 25.1 Å². The van der Waals surface area contributed by atoms with Gasteiger partial charge in [0.05, 0.1) is 33.8 Å². The highest BCUT2D eigenvalue weighted by Gasteiger charge is 2.17. The number of urea groups is 1. The average molecular weight is 1940 g/mol. The van der Waals surface area contributed by atoms with Crippen molar-refractivity contribution >= 4 is 214 Å². The van der Waals surface area contributed by atoms with Crippen molar-refractivity contribution < 1.29 is 13.2 Å². The molecule has 9 heterocycles. The summed E-state index contributed by atoms with van der Waals surface area (Å²) in [5.74, 6) is 0.826. The molecule has 0 atom stereocenters. The van der Waals surface area contributed by atoms with Gasteiger partial charge in [0, 0.05) is 205 Å². The number of carbonyl (C=O) groups is 1. The van der Waals surface area contributed by atoms with Gasteiger partial charge in [-0.25, -0.2) is 28.2 Å². The molecule has 0 bridgehead atoms. The number of nitrogens with one attached hydrogen (secondary N) is 10. The summed E-state index contributed by atoms with van der Waals surface area (Å²) in [6, 6.07) is 105. The Morgan fingerprint density at radius 3 is 1.04 bits per heavy atom. The molecule has 2 amide bonds. The Labute approximate surface area is 822 Å². The van der Waals surface area contributed by atoms with Gasteiger partial charge in [-0.05, 0) is 274 Å². The van der Waals surface area contributed by atoms with Gasteiger partial charge >= 0.3 is 6.03 Å². The van der Waals surface area contributed by atoms with Gasteiger partial charge in [0.15, 0.2) is 0 Å². The Morgan fingerprint density at radius 2 is 0.662 bits per heavy atom. The molecule has 0 unspecified atom stereocenters. The number of tetrazole rings is 1. The van der Waals surface area contributed by atoms with Crippen LogP contribution in [0.1, 0.15) is 0 Å². The average Bonchev–Trinajstić information content (AvgIpc) is 1.80. The number of nitrogen functional groups attached to an aromatic ring is 1. The van der Waals surface area contributed by atoms with Crippen LogP contribution in [0.4, 0.5) is 79.0 Å². The number of aromatic amines is 2. The van der Waals surface area contributed by atoms with Crippen molar-refractivity contribution in [2.75, 3.05) is 55.7 Å². The quantitative estimate of drug-likeness (QED) is 0.0358. The third-order valence-corrected chi connectivity index (χ3v) is 23.7. The van der Waals surface area contributed by atoms with Crippen molar-refractivity contribution in [1.82, 2.24) is 70.8 Å². The van der Waals surface area contributed by atoms with Crippen LogP contribution in [0.15, 0.2) is 383 Å². The molecule has 0 saturated carbocycles. The van der Waals surface area contributed by atoms with Crippen LogP contribution in [0.3, 0.4) is 0 Å². The summed E-state index contributed by atoms with van der Waals surface area (Å²) < 4.78 is 25.6. The Kier molecular flexibility index (Phi) is 28.4. The highest BCUT2D eigenvalue weighted by Crippen LogP contribution is 2.39. The van der Waals surface area contributed by atoms with E-state index in [-0.39, 0.29) is 12.0 Å². The summed E-state index contributed by atoms with van der Waals surface area (Å²) in [6.07, 6.45) is 17.3. The first-order valence-corrected chi connectivity index (χ1v) is 47.1. The number of sulfonamides is 1. The van der Waals surface area contributed by atoms with Crippen molar-refractivity contribution in [2.24, 2.45) is 0 Å². The summed E-state index contributed by atoms with van der Waals surface area (Å²) in [5.41, 5.74) is 32.6. The van der Waals surface area contributed by atoms with E-state index in [1.807, 2.05) is 292 Å². The van der Waals surface area contributed by atoms with Crippen LogP contribution in [0.25, 0.3) is 133 Å². The third kappa shape index (κ3) is 23.7. The van der Waals surface area contributed by atoms with Gasteiger partial charge in [0.25, 0.3) is 0 Å². The second-order valence-corrected chi connectivity index (χ2v) is 35.6. The highest BCUT2D eigenvalue weighted by molar-refractivity contribution is 7.92. The number of aromatic nitrogens is 13. The molecule has 12 N–H and O–H groups in total. The number of halogens is 5. The lowest BCUT2D eigenvalue weighted by atomic mass is 10.0. The molecule has 0 aliphatic heterocycles. The largest absolute Gasteiger partial charge is 0.368 e. The fourth-order valence-electron chi connectivity index (χ4n) is 15.4. The van der Waals surface area contributed by atoms with Crippen LogP contribution >= 0.6 is 58.0 Å². The van der Waals surface area contributed by atoms with Gasteiger partial charge in [0.1, 0.15) is 5.65 Å². The van der Waals surface area contributed by atoms with E-state index in [4.69, 9.17) is 63.7 Å². The molecule has 682 valence electrons. The topological polar surface area (TPSA) is 347 Å². The van der Waals surface area contributed by atoms with Crippen molar-refractivity contribution in [3.8, 4) is 67.0 Å². The number of pyridine rings is 6. The maximum absolute atomic E-state index is 11.5. The molecular weight excluding hydrogens is 1860 g/mol. The summed E-state index contributed by atoms with van der Waals surface area (Å²) >= 11 is 30.5. The van der Waals surface area contributed by atoms with Crippen molar-refractivity contribution in [1.29, 1.82) is 0 Å². The van der Waals surface area contributed by atoms with E-state index < -0.39 is 10.0 Å². The van der Waals surface area contributed by atoms with Gasteiger partial charge in [-0.3, -0.25) is 29.6 Å². The lowest BCUT2D eigenvalue weighted by molar-refractivity contribution is 0.254. The zero-order chi connectivity index (χ0) is 95.7. The van der Waals surface area contributed by atoms with E-state index in [0.717, 1.165) is 196 Å². The minimum absolute atomic E-state index is 0.244. The Bertz CT molecular complexity index is 8360. The zero-order valence-corrected chi connectivity index (χ0v) is 78.5. The number of carbonyl (C=O) groups excluding carboxylic acids is 1. The fourth-order valence-corrected chi connectivity index (χ4v) is 16.9. The number of hydrogen-bond acceptors (Lipinski definition) is 20. The minimum Gasteiger partial charge on any atom is -0.368 e. The van der Waals surface area contributed by atoms with E-state index in [0.29, 0.717) is 36.6 Å². The third-order valence-electron chi connectivity index (χ3n) is 22.0. The van der Waals surface area contributed by atoms with Crippen LogP contribution in [0, 0.1) is 0 Å². The number of amides is 2. The standard InChI is InChI=1S/C23H19ClN4O.C22H15ClN6.C22H15ClN4.C22H18ClN3O2S.C19H14ClN5/c1-25-23(29)28-18-8-5-15(6-9-18)16-7-10-21-20(13-16)22(11-12-26-21)27-19-4-2-3-17(24)14-19;23-17-5-2-6-18(13-17)25-21-9-10-24-20-8-7-15(12-19(20)21)14-3-1-4-16(11-14)22-26-28-29-27-22;23-17-2-1-3-18(12-17)27-21-7-9-24-20-5-4-14(11-19(20)21)16-10-15-6-8-25-22(15)26-13-16;1-29(27,28)26-19-7-2-4-15(12-19)16-8-9-21-20(13-16)22(10-11-24-21)25-18-6-3-5-17(23)14-18;20-14-2-1-3-15(9-14)25-18-6-7-22-17-5-4-12(8-16(17)18)13-10-23-19(21)24-11-13/h2-14H,1H3,(H,26,27)(H2,25,28,29);1-13H,(H,24,25)(H,26,27,28,29);1-13H,(H,24,27)(H,25,26);2-14,26H,1H3,(H,24,25);1-11H,(H,22,25)(H2,21,23,24). The van der Waals surface area contributed by atoms with Crippen LogP contribution in [-0.4, -0.2) is 93.2 Å². The lowest BCUT2D eigenvalue weighted by Gasteiger charge is -2.12. The first kappa shape index (κ1) is 92.5. The maximum atomic E-state index is 11.5. The molecule has 31 heteroatoms. The predicted molar refractivity (Wildman–Crippen MR) is 569 cm³/mol. The number of fused-ring (bicyclic) bond motifs is 6. The molecule has 9 aromatic heterocycles. The first-order chi connectivity index (χ1) is 67.7. The molecule has 0 spiro atoms. The summed E-state index contributed by atoms with van der Waals surface area (Å²) in [6.45, 7) is 0. The molecule has 0 fully saturated rings. The normalized spacial score (nSPS) is 11.0. The number of H-pyrrole nitrogens is 2. The molecule has 13 aromatic carbocycles. The van der Waals surface area contributed by atoms with E-state index in [1.54, 1.807) is 50.3 Å². The van der Waals surface area contributed by atoms with Crippen LogP contribution in [0.5, 0.6) is 0 Å². The van der Waals surface area contributed by atoms with E-state index >= 15 is 0 Å². The van der Waals surface area contributed by atoms with Crippen molar-refractivity contribution in [2.45, 2.75) is 0 Å². The van der Waals surface area contributed by atoms with Gasteiger partial charge in [-0.1, -0.05) is 161 Å². The summed E-state index contributed by atoms with van der Waals surface area (Å²) in [7, 11) is -1.75. The number of benzene rings is 13. The fraction of sp³-hybridized carbons (Fsp3) is 0.0185. The van der Waals surface area contributed by atoms with Crippen LogP contribution in [-0.2, 0) is 10.0 Å². The highest BCUT2D eigenvalue weighted by atomic mass is 35.5. The van der Waals surface area contributed by atoms with E-state index in [2.05, 4.69) is 156 Å². The van der Waals surface area contributed by atoms with Gasteiger partial charge in [-0.2, -0.15) is 5.21 Å².